The van der Waals surface area contributed by atoms with Crippen molar-refractivity contribution in [1.82, 2.24) is 0 Å². The van der Waals surface area contributed by atoms with E-state index in [2.05, 4.69) is 0 Å². The summed E-state index contributed by atoms with van der Waals surface area (Å²) in [5.41, 5.74) is 0.443. The highest BCUT2D eigenvalue weighted by Crippen LogP contribution is 2.39. The monoisotopic (exact) mass is 248 g/mol. The van der Waals surface area contributed by atoms with E-state index < -0.39 is 0 Å². The van der Waals surface area contributed by atoms with Crippen LogP contribution in [0.5, 0.6) is 5.75 Å². The molecule has 1 fully saturated rings. The molecule has 18 heavy (non-hydrogen) atoms. The number of benzene rings is 1. The number of hydrogen-bond donors (Lipinski definition) is 0. The van der Waals surface area contributed by atoms with Gasteiger partial charge in [0.1, 0.15) is 5.75 Å². The molecule has 0 saturated heterocycles. The van der Waals surface area contributed by atoms with Gasteiger partial charge in [0, 0.05) is 13.5 Å². The van der Waals surface area contributed by atoms with E-state index in [0.29, 0.717) is 24.3 Å². The van der Waals surface area contributed by atoms with Crippen LogP contribution in [0.15, 0.2) is 24.3 Å². The lowest BCUT2D eigenvalue weighted by Gasteiger charge is -2.40. The molecule has 0 radical (unpaired) electrons. The van der Waals surface area contributed by atoms with Gasteiger partial charge >= 0.3 is 0 Å². The second-order valence-corrected chi connectivity index (χ2v) is 4.77. The van der Waals surface area contributed by atoms with Crippen LogP contribution in [0.25, 0.3) is 0 Å². The Labute approximate surface area is 108 Å². The van der Waals surface area contributed by atoms with Crippen molar-refractivity contribution < 1.29 is 14.3 Å². The first-order valence-corrected chi connectivity index (χ1v) is 6.51. The van der Waals surface area contributed by atoms with Crippen molar-refractivity contribution in [3.8, 4) is 5.75 Å². The van der Waals surface area contributed by atoms with E-state index in [1.54, 1.807) is 7.11 Å². The molecule has 1 saturated carbocycles. The molecular weight excluding hydrogens is 228 g/mol. The molecule has 0 aromatic heterocycles. The molecule has 3 heteroatoms. The van der Waals surface area contributed by atoms with Crippen LogP contribution in [-0.4, -0.2) is 25.1 Å². The zero-order chi connectivity index (χ0) is 13.0. The van der Waals surface area contributed by atoms with Gasteiger partial charge in [0.2, 0.25) is 0 Å². The van der Waals surface area contributed by atoms with Crippen molar-refractivity contribution >= 4 is 5.78 Å². The minimum atomic E-state index is -0.226. The maximum Gasteiger partial charge on any atom is 0.169 e. The molecule has 0 N–H and O–H groups in total. The number of carbonyl (C=O) groups excluding carboxylic acids is 1. The fourth-order valence-corrected chi connectivity index (χ4v) is 2.39. The van der Waals surface area contributed by atoms with Crippen LogP contribution in [0, 0.1) is 0 Å². The molecule has 1 aromatic rings. The number of rotatable bonds is 6. The van der Waals surface area contributed by atoms with Crippen LogP contribution >= 0.6 is 0 Å². The maximum atomic E-state index is 12.3. The minimum absolute atomic E-state index is 0.112. The maximum absolute atomic E-state index is 12.3. The lowest BCUT2D eigenvalue weighted by atomic mass is 9.75. The van der Waals surface area contributed by atoms with Crippen LogP contribution in [0.2, 0.25) is 0 Å². The molecule has 0 amide bonds. The number of ether oxygens (including phenoxy) is 2. The first kappa shape index (κ1) is 13.1. The summed E-state index contributed by atoms with van der Waals surface area (Å²) in [4.78, 5) is 12.3. The number of Topliss-reactive ketones (excluding diaryl/α,β-unsaturated/α-hetero) is 1. The normalized spacial score (nSPS) is 17.0. The molecule has 0 bridgehead atoms. The fraction of sp³-hybridized carbons (Fsp3) is 0.533. The van der Waals surface area contributed by atoms with Gasteiger partial charge in [-0.2, -0.15) is 0 Å². The minimum Gasteiger partial charge on any atom is -0.493 e. The third-order valence-corrected chi connectivity index (χ3v) is 3.67. The summed E-state index contributed by atoms with van der Waals surface area (Å²) in [5, 5.41) is 0. The van der Waals surface area contributed by atoms with E-state index in [1.165, 1.54) is 0 Å². The highest BCUT2D eigenvalue weighted by Gasteiger charge is 2.39. The smallest absolute Gasteiger partial charge is 0.169 e. The van der Waals surface area contributed by atoms with E-state index in [9.17, 15) is 4.79 Å². The second-order valence-electron chi connectivity index (χ2n) is 4.77. The molecule has 0 atom stereocenters. The number of ketones is 1. The van der Waals surface area contributed by atoms with Gasteiger partial charge in [0.25, 0.3) is 0 Å². The third kappa shape index (κ3) is 2.56. The summed E-state index contributed by atoms with van der Waals surface area (Å²) in [6.07, 6.45) is 3.56. The van der Waals surface area contributed by atoms with E-state index >= 15 is 0 Å². The Kier molecular flexibility index (Phi) is 4.02. The van der Waals surface area contributed by atoms with Gasteiger partial charge < -0.3 is 9.47 Å². The van der Waals surface area contributed by atoms with Gasteiger partial charge in [-0.05, 0) is 38.3 Å². The van der Waals surface area contributed by atoms with Crippen LogP contribution in [0.1, 0.15) is 43.0 Å². The molecule has 1 aromatic carbocycles. The average Bonchev–Trinajstić information content (AvgIpc) is 2.35. The summed E-state index contributed by atoms with van der Waals surface area (Å²) in [7, 11) is 1.70. The molecular formula is C15H20O3. The molecule has 2 rings (SSSR count). The second kappa shape index (κ2) is 5.53. The lowest BCUT2D eigenvalue weighted by Crippen LogP contribution is -2.41. The Morgan fingerprint density at radius 2 is 2.06 bits per heavy atom. The first-order valence-electron chi connectivity index (χ1n) is 6.51. The number of methoxy groups -OCH3 is 1. The van der Waals surface area contributed by atoms with Crippen LogP contribution < -0.4 is 4.74 Å². The summed E-state index contributed by atoms with van der Waals surface area (Å²) in [5.74, 6) is 0.788. The largest absolute Gasteiger partial charge is 0.493 e. The molecule has 0 unspecified atom stereocenters. The topological polar surface area (TPSA) is 35.5 Å². The van der Waals surface area contributed by atoms with Crippen molar-refractivity contribution in [1.29, 1.82) is 0 Å². The van der Waals surface area contributed by atoms with Crippen molar-refractivity contribution in [2.24, 2.45) is 0 Å². The Bertz CT molecular complexity index is 416. The van der Waals surface area contributed by atoms with Gasteiger partial charge in [0.05, 0.1) is 17.8 Å². The molecule has 3 nitrogen and oxygen atoms in total. The zero-order valence-electron chi connectivity index (χ0n) is 11.1. The fourth-order valence-electron chi connectivity index (χ4n) is 2.39. The lowest BCUT2D eigenvalue weighted by molar-refractivity contribution is -0.0705. The third-order valence-electron chi connectivity index (χ3n) is 3.67. The van der Waals surface area contributed by atoms with E-state index in [-0.39, 0.29) is 11.4 Å². The predicted molar refractivity (Wildman–Crippen MR) is 70.1 cm³/mol. The molecule has 98 valence electrons. The molecule has 0 aliphatic heterocycles. The van der Waals surface area contributed by atoms with E-state index in [4.69, 9.17) is 9.47 Å². The number of carbonyl (C=O) groups is 1. The van der Waals surface area contributed by atoms with Gasteiger partial charge in [-0.1, -0.05) is 12.1 Å². The Balaban J connectivity index is 2.13. The van der Waals surface area contributed by atoms with Gasteiger partial charge in [0.15, 0.2) is 5.78 Å². The van der Waals surface area contributed by atoms with Crippen molar-refractivity contribution in [2.75, 3.05) is 13.7 Å². The van der Waals surface area contributed by atoms with Crippen LogP contribution in [0.4, 0.5) is 0 Å². The number of hydrogen-bond acceptors (Lipinski definition) is 3. The first-order chi connectivity index (χ1) is 8.71. The Morgan fingerprint density at radius 3 is 2.61 bits per heavy atom. The molecule has 0 spiro atoms. The summed E-state index contributed by atoms with van der Waals surface area (Å²) in [6, 6.07) is 7.43. The Hall–Kier alpha value is -1.35. The standard InChI is InChI=1S/C15H20O3/c1-3-18-14-8-5-4-7-12(14)13(16)11-15(17-2)9-6-10-15/h4-5,7-8H,3,6,9-11H2,1-2H3. The predicted octanol–water partition coefficient (Wildman–Crippen LogP) is 3.23. The molecule has 1 aliphatic rings. The zero-order valence-corrected chi connectivity index (χ0v) is 11.1. The van der Waals surface area contributed by atoms with Crippen molar-refractivity contribution in [2.45, 2.75) is 38.2 Å². The van der Waals surface area contributed by atoms with E-state index in [0.717, 1.165) is 19.3 Å². The Morgan fingerprint density at radius 1 is 1.33 bits per heavy atom. The van der Waals surface area contributed by atoms with Gasteiger partial charge in [-0.25, -0.2) is 0 Å². The SMILES string of the molecule is CCOc1ccccc1C(=O)CC1(OC)CCC1. The van der Waals surface area contributed by atoms with Crippen molar-refractivity contribution in [3.63, 3.8) is 0 Å². The summed E-state index contributed by atoms with van der Waals surface area (Å²) >= 11 is 0. The van der Waals surface area contributed by atoms with Crippen LogP contribution in [0.3, 0.4) is 0 Å². The molecule has 0 heterocycles. The quantitative estimate of drug-likeness (QED) is 0.725. The summed E-state index contributed by atoms with van der Waals surface area (Å²) in [6.45, 7) is 2.49. The average molecular weight is 248 g/mol. The van der Waals surface area contributed by atoms with Crippen molar-refractivity contribution in [3.05, 3.63) is 29.8 Å². The summed E-state index contributed by atoms with van der Waals surface area (Å²) < 4.78 is 11.0. The van der Waals surface area contributed by atoms with Gasteiger partial charge in [-0.3, -0.25) is 4.79 Å². The van der Waals surface area contributed by atoms with E-state index in [1.807, 2.05) is 31.2 Å². The van der Waals surface area contributed by atoms with Gasteiger partial charge in [-0.15, -0.1) is 0 Å². The molecule has 1 aliphatic carbocycles. The number of para-hydroxylation sites is 1. The highest BCUT2D eigenvalue weighted by atomic mass is 16.5. The van der Waals surface area contributed by atoms with Crippen LogP contribution in [-0.2, 0) is 4.74 Å². The highest BCUT2D eigenvalue weighted by molar-refractivity contribution is 5.99.